The summed E-state index contributed by atoms with van der Waals surface area (Å²) in [6.45, 7) is 1.56. The fourth-order valence-electron chi connectivity index (χ4n) is 4.74. The van der Waals surface area contributed by atoms with Gasteiger partial charge in [-0.1, -0.05) is 30.3 Å². The summed E-state index contributed by atoms with van der Waals surface area (Å²) in [5, 5.41) is 3.15. The second kappa shape index (κ2) is 8.23. The fourth-order valence-corrected chi connectivity index (χ4v) is 4.74. The van der Waals surface area contributed by atoms with Crippen LogP contribution in [0.25, 0.3) is 0 Å². The lowest BCUT2D eigenvalue weighted by Gasteiger charge is -2.24. The largest absolute Gasteiger partial charge is 0.497 e. The van der Waals surface area contributed by atoms with Gasteiger partial charge in [0.1, 0.15) is 11.5 Å². The molecule has 4 rings (SSSR count). The molecule has 2 heterocycles. The average molecular weight is 380 g/mol. The van der Waals surface area contributed by atoms with Crippen LogP contribution in [0.2, 0.25) is 0 Å². The number of hydrogen-bond acceptors (Lipinski definition) is 4. The van der Waals surface area contributed by atoms with Crippen molar-refractivity contribution in [2.75, 3.05) is 20.8 Å². The van der Waals surface area contributed by atoms with Crippen LogP contribution >= 0.6 is 0 Å². The summed E-state index contributed by atoms with van der Waals surface area (Å²) in [4.78, 5) is 15.6. The Kier molecular flexibility index (Phi) is 5.53. The van der Waals surface area contributed by atoms with Crippen LogP contribution < -0.4 is 14.8 Å². The second-order valence-electron chi connectivity index (χ2n) is 7.65. The number of carbonyl (C=O) groups excluding carboxylic acids is 1. The zero-order valence-electron chi connectivity index (χ0n) is 16.6. The number of nitrogens with zero attached hydrogens (tertiary/aromatic N) is 1. The monoisotopic (exact) mass is 380 g/mol. The van der Waals surface area contributed by atoms with Gasteiger partial charge in [0.15, 0.2) is 0 Å². The maximum absolute atomic E-state index is 13.0. The summed E-state index contributed by atoms with van der Waals surface area (Å²) in [5.74, 6) is 1.66. The number of benzene rings is 2. The third-order valence-electron chi connectivity index (χ3n) is 6.08. The number of fused-ring (bicyclic) bond motifs is 1. The van der Waals surface area contributed by atoms with E-state index in [9.17, 15) is 4.79 Å². The van der Waals surface area contributed by atoms with Gasteiger partial charge in [0.05, 0.1) is 20.1 Å². The maximum atomic E-state index is 13.0. The molecule has 148 valence electrons. The maximum Gasteiger partial charge on any atom is 0.225 e. The summed E-state index contributed by atoms with van der Waals surface area (Å²) in [6, 6.07) is 17.0. The molecule has 1 amide bonds. The third kappa shape index (κ3) is 3.72. The Bertz CT molecular complexity index is 802. The highest BCUT2D eigenvalue weighted by molar-refractivity contribution is 5.80. The van der Waals surface area contributed by atoms with E-state index in [1.165, 1.54) is 12.0 Å². The van der Waals surface area contributed by atoms with E-state index in [4.69, 9.17) is 9.47 Å². The van der Waals surface area contributed by atoms with Gasteiger partial charge >= 0.3 is 0 Å². The van der Waals surface area contributed by atoms with Crippen molar-refractivity contribution >= 4 is 5.91 Å². The lowest BCUT2D eigenvalue weighted by Crippen LogP contribution is -2.37. The van der Waals surface area contributed by atoms with Crippen LogP contribution in [0.3, 0.4) is 0 Å². The van der Waals surface area contributed by atoms with Crippen molar-refractivity contribution in [3.05, 3.63) is 59.7 Å². The molecule has 5 nitrogen and oxygen atoms in total. The predicted octanol–water partition coefficient (Wildman–Crippen LogP) is 3.55. The molecule has 0 saturated carbocycles. The summed E-state index contributed by atoms with van der Waals surface area (Å²) >= 11 is 0. The Hall–Kier alpha value is -2.53. The van der Waals surface area contributed by atoms with Crippen molar-refractivity contribution in [2.24, 2.45) is 5.92 Å². The quantitative estimate of drug-likeness (QED) is 0.833. The first-order valence-electron chi connectivity index (χ1n) is 10.00. The van der Waals surface area contributed by atoms with Crippen molar-refractivity contribution < 1.29 is 14.3 Å². The molecule has 0 bridgehead atoms. The van der Waals surface area contributed by atoms with E-state index < -0.39 is 0 Å². The minimum atomic E-state index is 0.0419. The number of nitrogens with one attached hydrogen (secondary N) is 1. The molecule has 2 aliphatic rings. The van der Waals surface area contributed by atoms with E-state index in [0.717, 1.165) is 36.4 Å². The fraction of sp³-hybridized carbons (Fsp3) is 0.435. The van der Waals surface area contributed by atoms with Gasteiger partial charge in [-0.25, -0.2) is 0 Å². The van der Waals surface area contributed by atoms with Crippen molar-refractivity contribution in [3.8, 4) is 11.5 Å². The normalized spacial score (nSPS) is 24.0. The van der Waals surface area contributed by atoms with Crippen molar-refractivity contribution in [1.29, 1.82) is 0 Å². The molecule has 0 aliphatic carbocycles. The lowest BCUT2D eigenvalue weighted by molar-refractivity contribution is -0.125. The minimum Gasteiger partial charge on any atom is -0.497 e. The second-order valence-corrected chi connectivity index (χ2v) is 7.65. The molecule has 0 aromatic heterocycles. The van der Waals surface area contributed by atoms with Crippen LogP contribution in [0.15, 0.2) is 48.5 Å². The van der Waals surface area contributed by atoms with Crippen LogP contribution in [0.1, 0.15) is 36.4 Å². The Morgan fingerprint density at radius 1 is 1.11 bits per heavy atom. The Labute approximate surface area is 166 Å². The minimum absolute atomic E-state index is 0.0419. The van der Waals surface area contributed by atoms with Crippen LogP contribution in [-0.4, -0.2) is 37.6 Å². The number of hydrogen-bond donors (Lipinski definition) is 1. The molecule has 1 N–H and O–H groups in total. The molecule has 3 atom stereocenters. The number of carbonyl (C=O) groups is 1. The van der Waals surface area contributed by atoms with E-state index in [-0.39, 0.29) is 11.8 Å². The van der Waals surface area contributed by atoms with Crippen molar-refractivity contribution in [1.82, 2.24) is 10.2 Å². The van der Waals surface area contributed by atoms with Gasteiger partial charge < -0.3 is 14.8 Å². The third-order valence-corrected chi connectivity index (χ3v) is 6.08. The number of amides is 1. The van der Waals surface area contributed by atoms with E-state index in [0.29, 0.717) is 18.6 Å². The molecular formula is C23H28N2O3. The zero-order valence-corrected chi connectivity index (χ0v) is 16.6. The standard InChI is InChI=1S/C23H28N2O3/c1-27-18-11-16(12-19(13-18)28-2)15-24-23(26)20-14-22(17-7-4-3-5-8-17)25-10-6-9-21(20)25/h3-5,7-8,11-13,20-22H,6,9-10,14-15H2,1-2H3,(H,24,26)/t20-,21+,22-/m1/s1. The molecule has 2 aromatic rings. The smallest absolute Gasteiger partial charge is 0.225 e. The molecule has 2 saturated heterocycles. The SMILES string of the molecule is COc1cc(CNC(=O)[C@@H]2C[C@H](c3ccccc3)N3CCC[C@@H]23)cc(OC)c1. The number of ether oxygens (including phenoxy) is 2. The Morgan fingerprint density at radius 2 is 1.82 bits per heavy atom. The van der Waals surface area contributed by atoms with Crippen molar-refractivity contribution in [3.63, 3.8) is 0 Å². The topological polar surface area (TPSA) is 50.8 Å². The highest BCUT2D eigenvalue weighted by atomic mass is 16.5. The summed E-state index contributed by atoms with van der Waals surface area (Å²) in [5.41, 5.74) is 2.30. The van der Waals surface area contributed by atoms with E-state index in [1.54, 1.807) is 14.2 Å². The molecule has 0 unspecified atom stereocenters. The summed E-state index contributed by atoms with van der Waals surface area (Å²) in [6.07, 6.45) is 3.17. The number of methoxy groups -OCH3 is 2. The first kappa shape index (κ1) is 18.8. The molecule has 0 radical (unpaired) electrons. The van der Waals surface area contributed by atoms with Gasteiger partial charge in [0, 0.05) is 24.7 Å². The van der Waals surface area contributed by atoms with E-state index in [2.05, 4.69) is 34.5 Å². The van der Waals surface area contributed by atoms with Gasteiger partial charge in [-0.3, -0.25) is 9.69 Å². The molecule has 0 spiro atoms. The zero-order chi connectivity index (χ0) is 19.5. The molecule has 2 aliphatic heterocycles. The van der Waals surface area contributed by atoms with Crippen LogP contribution in [-0.2, 0) is 11.3 Å². The van der Waals surface area contributed by atoms with Gasteiger partial charge in [-0.2, -0.15) is 0 Å². The van der Waals surface area contributed by atoms with Gasteiger partial charge in [-0.15, -0.1) is 0 Å². The average Bonchev–Trinajstić information content (AvgIpc) is 3.35. The van der Waals surface area contributed by atoms with E-state index in [1.807, 2.05) is 24.3 Å². The highest BCUT2D eigenvalue weighted by Crippen LogP contribution is 2.44. The molecule has 2 fully saturated rings. The van der Waals surface area contributed by atoms with Gasteiger partial charge in [-0.05, 0) is 49.1 Å². The Balaban J connectivity index is 1.45. The lowest BCUT2D eigenvalue weighted by atomic mass is 9.93. The molecule has 28 heavy (non-hydrogen) atoms. The first-order chi connectivity index (χ1) is 13.7. The first-order valence-corrected chi connectivity index (χ1v) is 10.00. The summed E-state index contributed by atoms with van der Waals surface area (Å²) in [7, 11) is 3.27. The van der Waals surface area contributed by atoms with Gasteiger partial charge in [0.2, 0.25) is 5.91 Å². The molecular weight excluding hydrogens is 352 g/mol. The molecule has 5 heteroatoms. The predicted molar refractivity (Wildman–Crippen MR) is 108 cm³/mol. The van der Waals surface area contributed by atoms with E-state index >= 15 is 0 Å². The number of rotatable bonds is 6. The summed E-state index contributed by atoms with van der Waals surface area (Å²) < 4.78 is 10.6. The van der Waals surface area contributed by atoms with Crippen LogP contribution in [0, 0.1) is 5.92 Å². The highest BCUT2D eigenvalue weighted by Gasteiger charge is 2.46. The van der Waals surface area contributed by atoms with Crippen molar-refractivity contribution in [2.45, 2.75) is 37.9 Å². The van der Waals surface area contributed by atoms with Crippen LogP contribution in [0.5, 0.6) is 11.5 Å². The van der Waals surface area contributed by atoms with Gasteiger partial charge in [0.25, 0.3) is 0 Å². The van der Waals surface area contributed by atoms with Crippen LogP contribution in [0.4, 0.5) is 0 Å². The Morgan fingerprint density at radius 3 is 2.50 bits per heavy atom. The molecule has 2 aromatic carbocycles.